The van der Waals surface area contributed by atoms with Crippen LogP contribution in [-0.4, -0.2) is 19.7 Å². The summed E-state index contributed by atoms with van der Waals surface area (Å²) in [6, 6.07) is 8.23. The van der Waals surface area contributed by atoms with Gasteiger partial charge < -0.3 is 4.42 Å². The Kier molecular flexibility index (Phi) is 5.67. The van der Waals surface area contributed by atoms with Crippen LogP contribution in [0.15, 0.2) is 38.6 Å². The van der Waals surface area contributed by atoms with Gasteiger partial charge >= 0.3 is 0 Å². The summed E-state index contributed by atoms with van der Waals surface area (Å²) in [4.78, 5) is 20.5. The monoisotopic (exact) mass is 466 g/mol. The van der Waals surface area contributed by atoms with Gasteiger partial charge in [0.2, 0.25) is 11.8 Å². The summed E-state index contributed by atoms with van der Waals surface area (Å²) in [6.07, 6.45) is 4.35. The molecule has 0 spiro atoms. The van der Waals surface area contributed by atoms with Crippen LogP contribution in [0.3, 0.4) is 0 Å². The highest BCUT2D eigenvalue weighted by atomic mass is 32.2. The first-order chi connectivity index (χ1) is 15.4. The number of hydrogen-bond acceptors (Lipinski definition) is 7. The zero-order chi connectivity index (χ0) is 22.4. The predicted molar refractivity (Wildman–Crippen MR) is 130 cm³/mol. The van der Waals surface area contributed by atoms with Gasteiger partial charge in [-0.05, 0) is 58.2 Å². The second kappa shape index (κ2) is 8.48. The van der Waals surface area contributed by atoms with E-state index in [0.717, 1.165) is 62.6 Å². The lowest BCUT2D eigenvalue weighted by Crippen LogP contribution is -2.26. The van der Waals surface area contributed by atoms with Gasteiger partial charge in [0.25, 0.3) is 5.56 Å². The van der Waals surface area contributed by atoms with Crippen LogP contribution in [0, 0.1) is 20.8 Å². The highest BCUT2D eigenvalue weighted by Crippen LogP contribution is 2.39. The van der Waals surface area contributed by atoms with Gasteiger partial charge in [-0.1, -0.05) is 42.3 Å². The molecule has 4 aromatic rings. The van der Waals surface area contributed by atoms with E-state index in [1.807, 2.05) is 49.6 Å². The van der Waals surface area contributed by atoms with Crippen LogP contribution in [-0.2, 0) is 0 Å². The molecule has 1 unspecified atom stereocenters. The molecule has 0 bridgehead atoms. The third-order valence-corrected chi connectivity index (χ3v) is 8.38. The van der Waals surface area contributed by atoms with Crippen LogP contribution in [0.1, 0.15) is 65.8 Å². The molecule has 32 heavy (non-hydrogen) atoms. The maximum Gasteiger partial charge on any atom is 0.263 e. The number of fused-ring (bicyclic) bond motifs is 1. The second-order valence-corrected chi connectivity index (χ2v) is 11.1. The summed E-state index contributed by atoms with van der Waals surface area (Å²) in [5.41, 5.74) is 3.19. The van der Waals surface area contributed by atoms with E-state index in [2.05, 4.69) is 17.1 Å². The van der Waals surface area contributed by atoms with Gasteiger partial charge in [-0.25, -0.2) is 4.98 Å². The highest BCUT2D eigenvalue weighted by Gasteiger charge is 2.27. The van der Waals surface area contributed by atoms with Crippen LogP contribution in [0.2, 0.25) is 0 Å². The average Bonchev–Trinajstić information content (AvgIpc) is 3.50. The molecule has 1 aromatic carbocycles. The molecule has 3 aromatic heterocycles. The molecule has 8 heteroatoms. The van der Waals surface area contributed by atoms with Crippen LogP contribution >= 0.6 is 23.1 Å². The Morgan fingerprint density at radius 1 is 1.19 bits per heavy atom. The lowest BCUT2D eigenvalue weighted by molar-refractivity contribution is 0.456. The standard InChI is InChI=1S/C24H26N4O2S2/c1-13-8-7-9-17(12-13)21-27-26-20(30-21)16(4)32-24-25-22-19(14(2)15(3)31-22)23(29)28(24)18-10-5-6-11-18/h7-9,12,16,18H,5-6,10-11H2,1-4H3. The summed E-state index contributed by atoms with van der Waals surface area (Å²) < 4.78 is 7.95. The molecule has 6 nitrogen and oxygen atoms in total. The average molecular weight is 467 g/mol. The molecule has 1 fully saturated rings. The van der Waals surface area contributed by atoms with E-state index < -0.39 is 0 Å². The van der Waals surface area contributed by atoms with Crippen molar-refractivity contribution >= 4 is 33.3 Å². The van der Waals surface area contributed by atoms with Crippen molar-refractivity contribution in [1.82, 2.24) is 19.7 Å². The molecule has 3 heterocycles. The summed E-state index contributed by atoms with van der Waals surface area (Å²) in [5, 5.41) is 9.95. The molecule has 1 aliphatic carbocycles. The molecule has 0 saturated heterocycles. The molecule has 166 valence electrons. The Bertz CT molecular complexity index is 1350. The number of hydrogen-bond donors (Lipinski definition) is 0. The van der Waals surface area contributed by atoms with Crippen LogP contribution in [0.4, 0.5) is 0 Å². The van der Waals surface area contributed by atoms with Gasteiger partial charge in [0, 0.05) is 16.5 Å². The zero-order valence-electron chi connectivity index (χ0n) is 18.7. The number of aromatic nitrogens is 4. The molecule has 0 radical (unpaired) electrons. The van der Waals surface area contributed by atoms with E-state index in [0.29, 0.717) is 11.8 Å². The third-order valence-electron chi connectivity index (χ3n) is 6.23. The molecule has 5 rings (SSSR count). The Labute approximate surface area is 195 Å². The van der Waals surface area contributed by atoms with Crippen LogP contribution in [0.5, 0.6) is 0 Å². The SMILES string of the molecule is Cc1cccc(-c2nnc(C(C)Sc3nc4sc(C)c(C)c4c(=O)n3C3CCCC3)o2)c1. The van der Waals surface area contributed by atoms with E-state index in [9.17, 15) is 4.79 Å². The Hall–Kier alpha value is -2.45. The zero-order valence-corrected chi connectivity index (χ0v) is 20.3. The van der Waals surface area contributed by atoms with Gasteiger partial charge in [0.05, 0.1) is 10.6 Å². The Morgan fingerprint density at radius 2 is 1.97 bits per heavy atom. The van der Waals surface area contributed by atoms with E-state index in [1.54, 1.807) is 11.3 Å². The number of thioether (sulfide) groups is 1. The van der Waals surface area contributed by atoms with E-state index in [1.165, 1.54) is 11.8 Å². The summed E-state index contributed by atoms with van der Waals surface area (Å²) in [5.74, 6) is 1.05. The quantitative estimate of drug-likeness (QED) is 0.250. The van der Waals surface area contributed by atoms with Crippen molar-refractivity contribution < 1.29 is 4.42 Å². The van der Waals surface area contributed by atoms with Gasteiger partial charge in [-0.2, -0.15) is 0 Å². The minimum atomic E-state index is -0.125. The number of benzene rings is 1. The van der Waals surface area contributed by atoms with Crippen molar-refractivity contribution in [3.8, 4) is 11.5 Å². The first-order valence-corrected chi connectivity index (χ1v) is 12.7. The van der Waals surface area contributed by atoms with Crippen molar-refractivity contribution in [2.24, 2.45) is 0 Å². The Balaban J connectivity index is 1.52. The Morgan fingerprint density at radius 3 is 2.72 bits per heavy atom. The van der Waals surface area contributed by atoms with Crippen LogP contribution < -0.4 is 5.56 Å². The number of rotatable bonds is 5. The lowest BCUT2D eigenvalue weighted by atomic mass is 10.1. The van der Waals surface area contributed by atoms with E-state index in [4.69, 9.17) is 9.40 Å². The normalized spacial score (nSPS) is 15.6. The topological polar surface area (TPSA) is 73.8 Å². The number of nitrogens with zero attached hydrogens (tertiary/aromatic N) is 4. The molecule has 1 aliphatic rings. The van der Waals surface area contributed by atoms with Gasteiger partial charge in [-0.3, -0.25) is 9.36 Å². The molecule has 1 atom stereocenters. The first kappa shape index (κ1) is 21.4. The molecule has 1 saturated carbocycles. The minimum absolute atomic E-state index is 0.0874. The first-order valence-electron chi connectivity index (χ1n) is 11.0. The number of aryl methyl sites for hydroxylation is 3. The van der Waals surface area contributed by atoms with Gasteiger partial charge in [0.15, 0.2) is 5.16 Å². The second-order valence-electron chi connectivity index (χ2n) is 8.55. The summed E-state index contributed by atoms with van der Waals surface area (Å²) in [6.45, 7) is 8.15. The van der Waals surface area contributed by atoms with Crippen LogP contribution in [0.25, 0.3) is 21.7 Å². The van der Waals surface area contributed by atoms with Crippen molar-refractivity contribution in [1.29, 1.82) is 0 Å². The molecule has 0 aliphatic heterocycles. The lowest BCUT2D eigenvalue weighted by Gasteiger charge is -2.19. The van der Waals surface area contributed by atoms with Gasteiger partial charge in [0.1, 0.15) is 4.83 Å². The maximum absolute atomic E-state index is 13.6. The van der Waals surface area contributed by atoms with Crippen molar-refractivity contribution in [3.63, 3.8) is 0 Å². The third kappa shape index (κ3) is 3.79. The van der Waals surface area contributed by atoms with Crippen molar-refractivity contribution in [3.05, 3.63) is 56.5 Å². The fourth-order valence-electron chi connectivity index (χ4n) is 4.36. The summed E-state index contributed by atoms with van der Waals surface area (Å²) in [7, 11) is 0. The molecular weight excluding hydrogens is 440 g/mol. The number of thiophene rings is 1. The fourth-order valence-corrected chi connectivity index (χ4v) is 6.44. The maximum atomic E-state index is 13.6. The predicted octanol–water partition coefficient (Wildman–Crippen LogP) is 6.40. The minimum Gasteiger partial charge on any atom is -0.419 e. The molecular formula is C24H26N4O2S2. The van der Waals surface area contributed by atoms with Crippen molar-refractivity contribution in [2.45, 2.75) is 69.8 Å². The smallest absolute Gasteiger partial charge is 0.263 e. The van der Waals surface area contributed by atoms with Crippen molar-refractivity contribution in [2.75, 3.05) is 0 Å². The van der Waals surface area contributed by atoms with E-state index >= 15 is 0 Å². The largest absolute Gasteiger partial charge is 0.419 e. The molecule has 0 N–H and O–H groups in total. The fraction of sp³-hybridized carbons (Fsp3) is 0.417. The highest BCUT2D eigenvalue weighted by molar-refractivity contribution is 7.99. The van der Waals surface area contributed by atoms with E-state index in [-0.39, 0.29) is 16.9 Å². The molecule has 0 amide bonds. The van der Waals surface area contributed by atoms with Gasteiger partial charge in [-0.15, -0.1) is 21.5 Å². The summed E-state index contributed by atoms with van der Waals surface area (Å²) >= 11 is 3.12.